The topological polar surface area (TPSA) is 54.9 Å². The van der Waals surface area contributed by atoms with Gasteiger partial charge in [0.15, 0.2) is 8.68 Å². The van der Waals surface area contributed by atoms with E-state index in [1.54, 1.807) is 34.4 Å². The number of carbonyl (C=O) groups is 1. The summed E-state index contributed by atoms with van der Waals surface area (Å²) in [6.45, 7) is 1.99. The zero-order valence-electron chi connectivity index (χ0n) is 13.5. The van der Waals surface area contributed by atoms with E-state index in [9.17, 15) is 4.79 Å². The molecule has 0 fully saturated rings. The van der Waals surface area contributed by atoms with E-state index >= 15 is 0 Å². The van der Waals surface area contributed by atoms with Gasteiger partial charge in [0.05, 0.1) is 11.8 Å². The molecule has 0 unspecified atom stereocenters. The first-order chi connectivity index (χ1) is 12.2. The average molecular weight is 408 g/mol. The molecule has 0 aliphatic rings. The SMILES string of the molecule is C[C@H](NC(=O)CSc1nnc(SCc2cccs2)s1)c1ccccc1. The number of rotatable bonds is 8. The molecule has 25 heavy (non-hydrogen) atoms. The van der Waals surface area contributed by atoms with Crippen molar-refractivity contribution < 1.29 is 4.79 Å². The highest BCUT2D eigenvalue weighted by atomic mass is 32.2. The minimum atomic E-state index is 0.000585. The third-order valence-corrected chi connectivity index (χ3v) is 7.61. The fourth-order valence-electron chi connectivity index (χ4n) is 2.08. The number of thiophene rings is 1. The Labute approximate surface area is 163 Å². The van der Waals surface area contributed by atoms with Gasteiger partial charge in [-0.05, 0) is 23.9 Å². The Bertz CT molecular complexity index is 789. The number of nitrogens with zero attached hydrogens (tertiary/aromatic N) is 2. The molecule has 0 aliphatic carbocycles. The largest absolute Gasteiger partial charge is 0.349 e. The number of carbonyl (C=O) groups excluding carboxylic acids is 1. The molecule has 4 nitrogen and oxygen atoms in total. The molecular formula is C17H17N3OS4. The van der Waals surface area contributed by atoms with Crippen LogP contribution in [0.4, 0.5) is 0 Å². The zero-order valence-corrected chi connectivity index (χ0v) is 16.8. The Kier molecular flexibility index (Phi) is 6.92. The highest BCUT2D eigenvalue weighted by Gasteiger charge is 2.12. The summed E-state index contributed by atoms with van der Waals surface area (Å²) in [5.74, 6) is 1.26. The highest BCUT2D eigenvalue weighted by molar-refractivity contribution is 8.03. The van der Waals surface area contributed by atoms with E-state index in [2.05, 4.69) is 33.0 Å². The Hall–Kier alpha value is -1.35. The van der Waals surface area contributed by atoms with Crippen molar-refractivity contribution in [1.29, 1.82) is 0 Å². The number of benzene rings is 1. The maximum Gasteiger partial charge on any atom is 0.230 e. The van der Waals surface area contributed by atoms with Gasteiger partial charge in [-0.1, -0.05) is 71.3 Å². The molecule has 0 radical (unpaired) electrons. The molecule has 0 bridgehead atoms. The zero-order chi connectivity index (χ0) is 17.5. The fraction of sp³-hybridized carbons (Fsp3) is 0.235. The van der Waals surface area contributed by atoms with Crippen LogP contribution < -0.4 is 5.32 Å². The summed E-state index contributed by atoms with van der Waals surface area (Å²) in [5.41, 5.74) is 1.10. The van der Waals surface area contributed by atoms with Gasteiger partial charge in [0.25, 0.3) is 0 Å². The Morgan fingerprint density at radius 2 is 1.88 bits per heavy atom. The quantitative estimate of drug-likeness (QED) is 0.540. The molecule has 3 aromatic rings. The first kappa shape index (κ1) is 18.4. The molecule has 0 saturated carbocycles. The van der Waals surface area contributed by atoms with E-state index in [1.165, 1.54) is 16.6 Å². The number of nitrogens with one attached hydrogen (secondary N) is 1. The van der Waals surface area contributed by atoms with Gasteiger partial charge >= 0.3 is 0 Å². The van der Waals surface area contributed by atoms with Gasteiger partial charge in [0, 0.05) is 10.6 Å². The molecule has 3 rings (SSSR count). The molecule has 0 saturated heterocycles. The second kappa shape index (κ2) is 9.38. The second-order valence-electron chi connectivity index (χ2n) is 5.19. The lowest BCUT2D eigenvalue weighted by molar-refractivity contribution is -0.119. The van der Waals surface area contributed by atoms with Crippen LogP contribution in [0.25, 0.3) is 0 Å². The molecular weight excluding hydrogens is 390 g/mol. The van der Waals surface area contributed by atoms with Gasteiger partial charge in [-0.3, -0.25) is 4.79 Å². The predicted octanol–water partition coefficient (Wildman–Crippen LogP) is 4.86. The summed E-state index contributed by atoms with van der Waals surface area (Å²) in [5, 5.41) is 13.4. The normalized spacial score (nSPS) is 12.0. The molecule has 0 aliphatic heterocycles. The number of aromatic nitrogens is 2. The monoisotopic (exact) mass is 407 g/mol. The van der Waals surface area contributed by atoms with Crippen molar-refractivity contribution in [2.75, 3.05) is 5.75 Å². The summed E-state index contributed by atoms with van der Waals surface area (Å²) in [4.78, 5) is 13.4. The predicted molar refractivity (Wildman–Crippen MR) is 108 cm³/mol. The van der Waals surface area contributed by atoms with E-state index in [0.29, 0.717) is 5.75 Å². The van der Waals surface area contributed by atoms with Crippen LogP contribution >= 0.6 is 46.2 Å². The summed E-state index contributed by atoms with van der Waals surface area (Å²) in [6, 6.07) is 14.1. The van der Waals surface area contributed by atoms with Crippen LogP contribution in [0.3, 0.4) is 0 Å². The van der Waals surface area contributed by atoms with Crippen molar-refractivity contribution >= 4 is 52.1 Å². The minimum Gasteiger partial charge on any atom is -0.349 e. The van der Waals surface area contributed by atoms with Crippen LogP contribution in [0.15, 0.2) is 56.5 Å². The fourth-order valence-corrected chi connectivity index (χ4v) is 5.68. The minimum absolute atomic E-state index is 0.000585. The van der Waals surface area contributed by atoms with Gasteiger partial charge in [-0.15, -0.1) is 21.5 Å². The molecule has 2 heterocycles. The third kappa shape index (κ3) is 5.85. The van der Waals surface area contributed by atoms with Crippen LogP contribution in [-0.2, 0) is 10.5 Å². The van der Waals surface area contributed by atoms with Crippen molar-refractivity contribution in [1.82, 2.24) is 15.5 Å². The van der Waals surface area contributed by atoms with Gasteiger partial charge < -0.3 is 5.32 Å². The molecule has 0 spiro atoms. The van der Waals surface area contributed by atoms with Crippen LogP contribution in [0.5, 0.6) is 0 Å². The molecule has 1 atom stereocenters. The lowest BCUT2D eigenvalue weighted by atomic mass is 10.1. The Morgan fingerprint density at radius 1 is 1.12 bits per heavy atom. The first-order valence-corrected chi connectivity index (χ1v) is 11.3. The van der Waals surface area contributed by atoms with Gasteiger partial charge in [0.2, 0.25) is 5.91 Å². The number of hydrogen-bond donors (Lipinski definition) is 1. The molecule has 1 amide bonds. The number of amides is 1. The van der Waals surface area contributed by atoms with E-state index in [0.717, 1.165) is 20.0 Å². The van der Waals surface area contributed by atoms with Crippen LogP contribution in [0, 0.1) is 0 Å². The molecule has 1 N–H and O–H groups in total. The van der Waals surface area contributed by atoms with Crippen molar-refractivity contribution in [3.8, 4) is 0 Å². The van der Waals surface area contributed by atoms with Crippen LogP contribution in [0.2, 0.25) is 0 Å². The standard InChI is InChI=1S/C17H17N3OS4/c1-12(13-6-3-2-4-7-13)18-15(21)11-24-17-20-19-16(25-17)23-10-14-8-5-9-22-14/h2-9,12H,10-11H2,1H3,(H,18,21)/t12-/m0/s1. The van der Waals surface area contributed by atoms with Gasteiger partial charge in [-0.2, -0.15) is 0 Å². The smallest absolute Gasteiger partial charge is 0.230 e. The maximum atomic E-state index is 12.1. The van der Waals surface area contributed by atoms with Crippen molar-refractivity contribution in [3.05, 3.63) is 58.3 Å². The van der Waals surface area contributed by atoms with Gasteiger partial charge in [0.1, 0.15) is 0 Å². The first-order valence-electron chi connectivity index (χ1n) is 7.66. The third-order valence-electron chi connectivity index (χ3n) is 3.31. The molecule has 1 aromatic carbocycles. The van der Waals surface area contributed by atoms with Crippen molar-refractivity contribution in [2.45, 2.75) is 27.4 Å². The van der Waals surface area contributed by atoms with E-state index in [-0.39, 0.29) is 11.9 Å². The summed E-state index contributed by atoms with van der Waals surface area (Å²) in [7, 11) is 0. The van der Waals surface area contributed by atoms with Crippen LogP contribution in [0.1, 0.15) is 23.4 Å². The number of hydrogen-bond acceptors (Lipinski definition) is 7. The lowest BCUT2D eigenvalue weighted by Crippen LogP contribution is -2.28. The molecule has 2 aromatic heterocycles. The summed E-state index contributed by atoms with van der Waals surface area (Å²) in [6.07, 6.45) is 0. The second-order valence-corrected chi connectivity index (χ2v) is 9.65. The maximum absolute atomic E-state index is 12.1. The van der Waals surface area contributed by atoms with Crippen LogP contribution in [-0.4, -0.2) is 21.9 Å². The lowest BCUT2D eigenvalue weighted by Gasteiger charge is -2.13. The van der Waals surface area contributed by atoms with E-state index < -0.39 is 0 Å². The molecule has 8 heteroatoms. The van der Waals surface area contributed by atoms with Crippen molar-refractivity contribution in [2.24, 2.45) is 0 Å². The summed E-state index contributed by atoms with van der Waals surface area (Å²) >= 11 is 6.40. The average Bonchev–Trinajstić information content (AvgIpc) is 3.30. The van der Waals surface area contributed by atoms with E-state index in [1.807, 2.05) is 37.3 Å². The van der Waals surface area contributed by atoms with Crippen molar-refractivity contribution in [3.63, 3.8) is 0 Å². The Balaban J connectivity index is 1.43. The highest BCUT2D eigenvalue weighted by Crippen LogP contribution is 2.31. The van der Waals surface area contributed by atoms with Gasteiger partial charge in [-0.25, -0.2) is 0 Å². The Morgan fingerprint density at radius 3 is 2.60 bits per heavy atom. The summed E-state index contributed by atoms with van der Waals surface area (Å²) < 4.78 is 1.77. The van der Waals surface area contributed by atoms with E-state index in [4.69, 9.17) is 0 Å². The molecule has 130 valence electrons. The number of thioether (sulfide) groups is 2.